The van der Waals surface area contributed by atoms with Crippen LogP contribution in [0.3, 0.4) is 0 Å². The second-order valence-corrected chi connectivity index (χ2v) is 3.81. The van der Waals surface area contributed by atoms with Crippen LogP contribution in [0.1, 0.15) is 24.8 Å². The summed E-state index contributed by atoms with van der Waals surface area (Å²) in [6.45, 7) is 1.95. The summed E-state index contributed by atoms with van der Waals surface area (Å²) in [6.07, 6.45) is 0.711. The van der Waals surface area contributed by atoms with E-state index in [-0.39, 0.29) is 11.7 Å². The molecule has 0 aliphatic heterocycles. The predicted molar refractivity (Wildman–Crippen MR) is 64.3 cm³/mol. The van der Waals surface area contributed by atoms with Crippen molar-refractivity contribution in [3.05, 3.63) is 42.0 Å². The van der Waals surface area contributed by atoms with Crippen molar-refractivity contribution in [1.29, 1.82) is 5.26 Å². The highest BCUT2D eigenvalue weighted by Crippen LogP contribution is 2.34. The van der Waals surface area contributed by atoms with E-state index in [2.05, 4.69) is 6.07 Å². The Morgan fingerprint density at radius 1 is 1.25 bits per heavy atom. The Morgan fingerprint density at radius 3 is 2.69 bits per heavy atom. The molecule has 1 atom stereocenters. The number of hydrogen-bond acceptors (Lipinski definition) is 2. The molecule has 0 saturated carbocycles. The van der Waals surface area contributed by atoms with Crippen LogP contribution in [0, 0.1) is 11.3 Å². The summed E-state index contributed by atoms with van der Waals surface area (Å²) in [5.74, 6) is 0.0103. The summed E-state index contributed by atoms with van der Waals surface area (Å²) in [5, 5.41) is 21.0. The number of aromatic hydroxyl groups is 1. The number of phenolic OH excluding ortho intramolecular Hbond substituents is 1. The minimum absolute atomic E-state index is 0.232. The average molecular weight is 211 g/mol. The monoisotopic (exact) mass is 211 g/mol. The molecule has 0 fully saturated rings. The first-order valence-electron chi connectivity index (χ1n) is 5.38. The third-order valence-electron chi connectivity index (χ3n) is 2.87. The van der Waals surface area contributed by atoms with E-state index in [1.807, 2.05) is 43.3 Å². The minimum Gasteiger partial charge on any atom is -0.507 e. The van der Waals surface area contributed by atoms with Crippen LogP contribution in [0.25, 0.3) is 10.8 Å². The number of rotatable bonds is 2. The van der Waals surface area contributed by atoms with E-state index < -0.39 is 0 Å². The molecule has 0 aliphatic rings. The van der Waals surface area contributed by atoms with Gasteiger partial charge in [-0.3, -0.25) is 0 Å². The normalized spacial score (nSPS) is 12.2. The Morgan fingerprint density at radius 2 is 2.00 bits per heavy atom. The molecule has 2 aromatic carbocycles. The molecular formula is C14H13NO. The van der Waals surface area contributed by atoms with Gasteiger partial charge < -0.3 is 5.11 Å². The largest absolute Gasteiger partial charge is 0.507 e. The lowest BCUT2D eigenvalue weighted by molar-refractivity contribution is 0.471. The molecule has 0 spiro atoms. The quantitative estimate of drug-likeness (QED) is 0.825. The van der Waals surface area contributed by atoms with Gasteiger partial charge >= 0.3 is 0 Å². The molecular weight excluding hydrogens is 198 g/mol. The Kier molecular flexibility index (Phi) is 2.78. The van der Waals surface area contributed by atoms with Gasteiger partial charge in [-0.25, -0.2) is 0 Å². The lowest BCUT2D eigenvalue weighted by Gasteiger charge is -2.11. The summed E-state index contributed by atoms with van der Waals surface area (Å²) < 4.78 is 0. The van der Waals surface area contributed by atoms with Crippen molar-refractivity contribution in [1.82, 2.24) is 0 Å². The van der Waals surface area contributed by atoms with E-state index in [4.69, 9.17) is 5.26 Å². The Labute approximate surface area is 94.8 Å². The molecule has 0 bridgehead atoms. The third-order valence-corrected chi connectivity index (χ3v) is 2.87. The minimum atomic E-state index is -0.232. The first kappa shape index (κ1) is 10.5. The van der Waals surface area contributed by atoms with E-state index in [0.717, 1.165) is 16.3 Å². The fraction of sp³-hybridized carbons (Fsp3) is 0.214. The highest BCUT2D eigenvalue weighted by molar-refractivity contribution is 5.89. The summed E-state index contributed by atoms with van der Waals surface area (Å²) in [6, 6.07) is 13.7. The molecule has 0 amide bonds. The van der Waals surface area contributed by atoms with Gasteiger partial charge in [0.2, 0.25) is 0 Å². The molecule has 1 N–H and O–H groups in total. The maximum Gasteiger partial charge on any atom is 0.127 e. The number of phenols is 1. The molecule has 2 heteroatoms. The van der Waals surface area contributed by atoms with Crippen LogP contribution in [0.2, 0.25) is 0 Å². The zero-order chi connectivity index (χ0) is 11.5. The lowest BCUT2D eigenvalue weighted by Crippen LogP contribution is -1.94. The first-order valence-corrected chi connectivity index (χ1v) is 5.38. The summed E-state index contributed by atoms with van der Waals surface area (Å²) in [5.41, 5.74) is 0.726. The van der Waals surface area contributed by atoms with E-state index in [1.54, 1.807) is 0 Å². The van der Waals surface area contributed by atoms with Gasteiger partial charge in [0.25, 0.3) is 0 Å². The number of hydrogen-bond donors (Lipinski definition) is 1. The van der Waals surface area contributed by atoms with Crippen LogP contribution in [0.5, 0.6) is 5.75 Å². The molecule has 0 saturated heterocycles. The molecule has 0 radical (unpaired) electrons. The van der Waals surface area contributed by atoms with Crippen molar-refractivity contribution >= 4 is 10.8 Å². The fourth-order valence-corrected chi connectivity index (χ4v) is 1.93. The summed E-state index contributed by atoms with van der Waals surface area (Å²) in [7, 11) is 0. The molecule has 1 unspecified atom stereocenters. The van der Waals surface area contributed by atoms with Crippen molar-refractivity contribution in [3.63, 3.8) is 0 Å². The fourth-order valence-electron chi connectivity index (χ4n) is 1.93. The van der Waals surface area contributed by atoms with Gasteiger partial charge in [0.15, 0.2) is 0 Å². The maximum absolute atomic E-state index is 10.1. The Balaban J connectivity index is 2.66. The van der Waals surface area contributed by atoms with Crippen LogP contribution >= 0.6 is 0 Å². The lowest BCUT2D eigenvalue weighted by atomic mass is 9.94. The topological polar surface area (TPSA) is 44.0 Å². The highest BCUT2D eigenvalue weighted by atomic mass is 16.3. The van der Waals surface area contributed by atoms with Crippen LogP contribution in [0.4, 0.5) is 0 Å². The molecule has 0 aliphatic carbocycles. The number of fused-ring (bicyclic) bond motifs is 1. The van der Waals surface area contributed by atoms with Gasteiger partial charge in [-0.05, 0) is 11.8 Å². The summed E-state index contributed by atoms with van der Waals surface area (Å²) >= 11 is 0. The van der Waals surface area contributed by atoms with Crippen molar-refractivity contribution in [2.24, 2.45) is 0 Å². The van der Waals surface area contributed by atoms with E-state index >= 15 is 0 Å². The SMILES string of the molecule is CCC(C#N)c1ccc2ccccc2c1O. The van der Waals surface area contributed by atoms with Crippen LogP contribution in [-0.2, 0) is 0 Å². The molecule has 0 aromatic heterocycles. The van der Waals surface area contributed by atoms with Crippen LogP contribution in [-0.4, -0.2) is 5.11 Å². The third kappa shape index (κ3) is 1.61. The zero-order valence-corrected chi connectivity index (χ0v) is 9.14. The molecule has 0 heterocycles. The number of nitrogens with zero attached hydrogens (tertiary/aromatic N) is 1. The Bertz CT molecular complexity index is 554. The van der Waals surface area contributed by atoms with E-state index in [0.29, 0.717) is 6.42 Å². The maximum atomic E-state index is 10.1. The first-order chi connectivity index (χ1) is 7.77. The second-order valence-electron chi connectivity index (χ2n) is 3.81. The van der Waals surface area contributed by atoms with Gasteiger partial charge in [-0.2, -0.15) is 5.26 Å². The van der Waals surface area contributed by atoms with E-state index in [1.165, 1.54) is 0 Å². The molecule has 16 heavy (non-hydrogen) atoms. The van der Waals surface area contributed by atoms with Crippen molar-refractivity contribution in [2.45, 2.75) is 19.3 Å². The molecule has 2 rings (SSSR count). The zero-order valence-electron chi connectivity index (χ0n) is 9.14. The number of nitriles is 1. The smallest absolute Gasteiger partial charge is 0.127 e. The predicted octanol–water partition coefficient (Wildman–Crippen LogP) is 3.56. The van der Waals surface area contributed by atoms with Crippen molar-refractivity contribution in [2.75, 3.05) is 0 Å². The van der Waals surface area contributed by atoms with Crippen LogP contribution in [0.15, 0.2) is 36.4 Å². The highest BCUT2D eigenvalue weighted by Gasteiger charge is 2.14. The molecule has 2 aromatic rings. The van der Waals surface area contributed by atoms with E-state index in [9.17, 15) is 5.11 Å². The van der Waals surface area contributed by atoms with Crippen LogP contribution < -0.4 is 0 Å². The molecule has 2 nitrogen and oxygen atoms in total. The van der Waals surface area contributed by atoms with Gasteiger partial charge in [-0.1, -0.05) is 43.3 Å². The molecule has 80 valence electrons. The van der Waals surface area contributed by atoms with Crippen molar-refractivity contribution in [3.8, 4) is 11.8 Å². The van der Waals surface area contributed by atoms with Gasteiger partial charge in [-0.15, -0.1) is 0 Å². The van der Waals surface area contributed by atoms with Gasteiger partial charge in [0, 0.05) is 10.9 Å². The standard InChI is InChI=1S/C14H13NO/c1-2-10(9-15)13-8-7-11-5-3-4-6-12(11)14(13)16/h3-8,10,16H,2H2,1H3. The van der Waals surface area contributed by atoms with Gasteiger partial charge in [0.05, 0.1) is 12.0 Å². The average Bonchev–Trinajstić information content (AvgIpc) is 2.34. The summed E-state index contributed by atoms with van der Waals surface area (Å²) in [4.78, 5) is 0. The Hall–Kier alpha value is -2.01. The second kappa shape index (κ2) is 4.24. The number of benzene rings is 2. The van der Waals surface area contributed by atoms with Gasteiger partial charge in [0.1, 0.15) is 5.75 Å². The van der Waals surface area contributed by atoms with Crippen molar-refractivity contribution < 1.29 is 5.11 Å².